The normalized spacial score (nSPS) is 20.1. The van der Waals surface area contributed by atoms with Gasteiger partial charge in [-0.1, -0.05) is 19.8 Å². The topological polar surface area (TPSA) is 47.1 Å². The second-order valence-electron chi connectivity index (χ2n) is 6.05. The number of aryl methyl sites for hydroxylation is 1. The molecule has 1 aromatic heterocycles. The molecule has 2 rings (SSSR count). The molecule has 0 aliphatic heterocycles. The van der Waals surface area contributed by atoms with Crippen LogP contribution in [0.2, 0.25) is 0 Å². The zero-order valence-electron chi connectivity index (χ0n) is 12.5. The molecule has 1 aromatic rings. The SMILES string of the molecule is CCC(N)C(c1cnn(C)c1)N(C)CC1CCCC1. The summed E-state index contributed by atoms with van der Waals surface area (Å²) < 4.78 is 1.87. The lowest BCUT2D eigenvalue weighted by atomic mass is 9.97. The third kappa shape index (κ3) is 3.57. The molecule has 108 valence electrons. The van der Waals surface area contributed by atoms with Crippen molar-refractivity contribution in [3.63, 3.8) is 0 Å². The predicted octanol–water partition coefficient (Wildman–Crippen LogP) is 2.32. The highest BCUT2D eigenvalue weighted by Gasteiger charge is 2.27. The van der Waals surface area contributed by atoms with Crippen LogP contribution in [0.4, 0.5) is 0 Å². The van der Waals surface area contributed by atoms with Crippen molar-refractivity contribution in [3.8, 4) is 0 Å². The van der Waals surface area contributed by atoms with E-state index >= 15 is 0 Å². The Balaban J connectivity index is 2.07. The Morgan fingerprint density at radius 1 is 1.47 bits per heavy atom. The molecule has 0 spiro atoms. The molecule has 2 N–H and O–H groups in total. The Hall–Kier alpha value is -0.870. The summed E-state index contributed by atoms with van der Waals surface area (Å²) in [5.41, 5.74) is 7.60. The highest BCUT2D eigenvalue weighted by atomic mass is 15.2. The Bertz CT molecular complexity index is 381. The Morgan fingerprint density at radius 3 is 2.68 bits per heavy atom. The highest BCUT2D eigenvalue weighted by molar-refractivity contribution is 5.13. The zero-order chi connectivity index (χ0) is 13.8. The fourth-order valence-corrected chi connectivity index (χ4v) is 3.36. The lowest BCUT2D eigenvalue weighted by molar-refractivity contribution is 0.180. The fourth-order valence-electron chi connectivity index (χ4n) is 3.36. The molecule has 2 atom stereocenters. The van der Waals surface area contributed by atoms with Crippen LogP contribution in [0.1, 0.15) is 50.6 Å². The largest absolute Gasteiger partial charge is 0.326 e. The van der Waals surface area contributed by atoms with Crippen LogP contribution in [0.5, 0.6) is 0 Å². The summed E-state index contributed by atoms with van der Waals surface area (Å²) in [5, 5.41) is 4.30. The van der Waals surface area contributed by atoms with Gasteiger partial charge >= 0.3 is 0 Å². The number of rotatable bonds is 6. The van der Waals surface area contributed by atoms with E-state index < -0.39 is 0 Å². The van der Waals surface area contributed by atoms with E-state index in [0.717, 1.165) is 18.9 Å². The average molecular weight is 264 g/mol. The lowest BCUT2D eigenvalue weighted by Gasteiger charge is -2.33. The van der Waals surface area contributed by atoms with Gasteiger partial charge in [-0.05, 0) is 32.2 Å². The first kappa shape index (κ1) is 14.5. The Morgan fingerprint density at radius 2 is 2.16 bits per heavy atom. The molecular weight excluding hydrogens is 236 g/mol. The number of hydrogen-bond donors (Lipinski definition) is 1. The van der Waals surface area contributed by atoms with Crippen LogP contribution < -0.4 is 5.73 Å². The van der Waals surface area contributed by atoms with Crippen molar-refractivity contribution in [2.75, 3.05) is 13.6 Å². The fraction of sp³-hybridized carbons (Fsp3) is 0.800. The van der Waals surface area contributed by atoms with E-state index in [9.17, 15) is 0 Å². The van der Waals surface area contributed by atoms with E-state index in [1.165, 1.54) is 31.2 Å². The molecule has 4 heteroatoms. The second-order valence-corrected chi connectivity index (χ2v) is 6.05. The van der Waals surface area contributed by atoms with Gasteiger partial charge in [0.1, 0.15) is 0 Å². The first-order valence-corrected chi connectivity index (χ1v) is 7.56. The lowest BCUT2D eigenvalue weighted by Crippen LogP contribution is -2.40. The molecule has 0 amide bonds. The number of aromatic nitrogens is 2. The van der Waals surface area contributed by atoms with Gasteiger partial charge in [0.05, 0.1) is 12.2 Å². The average Bonchev–Trinajstić information content (AvgIpc) is 3.01. The minimum Gasteiger partial charge on any atom is -0.326 e. The number of hydrogen-bond acceptors (Lipinski definition) is 3. The molecule has 1 saturated carbocycles. The minimum absolute atomic E-state index is 0.176. The van der Waals surface area contributed by atoms with Crippen molar-refractivity contribution in [1.29, 1.82) is 0 Å². The smallest absolute Gasteiger partial charge is 0.0538 e. The summed E-state index contributed by atoms with van der Waals surface area (Å²) in [6.07, 6.45) is 10.6. The number of likely N-dealkylation sites (N-methyl/N-ethyl adjacent to an activating group) is 1. The van der Waals surface area contributed by atoms with Crippen LogP contribution in [0.3, 0.4) is 0 Å². The van der Waals surface area contributed by atoms with Gasteiger partial charge in [-0.15, -0.1) is 0 Å². The van der Waals surface area contributed by atoms with Gasteiger partial charge in [0.25, 0.3) is 0 Å². The van der Waals surface area contributed by atoms with Crippen molar-refractivity contribution < 1.29 is 0 Å². The molecule has 1 fully saturated rings. The van der Waals surface area contributed by atoms with E-state index in [2.05, 4.69) is 30.2 Å². The third-order valence-electron chi connectivity index (χ3n) is 4.44. The standard InChI is InChI=1S/C15H28N4/c1-4-14(16)15(13-9-17-19(3)11-13)18(2)10-12-7-5-6-8-12/h9,11-12,14-15H,4-8,10,16H2,1-3H3. The molecule has 2 unspecified atom stereocenters. The summed E-state index contributed by atoms with van der Waals surface area (Å²) in [7, 11) is 4.18. The first-order chi connectivity index (χ1) is 9.11. The van der Waals surface area contributed by atoms with E-state index in [1.54, 1.807) is 0 Å². The molecule has 0 bridgehead atoms. The maximum absolute atomic E-state index is 6.35. The summed E-state index contributed by atoms with van der Waals surface area (Å²) in [5.74, 6) is 0.855. The summed E-state index contributed by atoms with van der Waals surface area (Å²) in [4.78, 5) is 2.45. The molecule has 1 aliphatic carbocycles. The summed E-state index contributed by atoms with van der Waals surface area (Å²) in [6.45, 7) is 3.32. The highest BCUT2D eigenvalue weighted by Crippen LogP contribution is 2.29. The summed E-state index contributed by atoms with van der Waals surface area (Å²) >= 11 is 0. The molecule has 0 aromatic carbocycles. The Labute approximate surface area is 117 Å². The van der Waals surface area contributed by atoms with Gasteiger partial charge in [-0.2, -0.15) is 5.10 Å². The van der Waals surface area contributed by atoms with Crippen LogP contribution in [0.25, 0.3) is 0 Å². The predicted molar refractivity (Wildman–Crippen MR) is 78.8 cm³/mol. The van der Waals surface area contributed by atoms with Gasteiger partial charge < -0.3 is 5.73 Å². The van der Waals surface area contributed by atoms with Crippen molar-refractivity contribution in [3.05, 3.63) is 18.0 Å². The van der Waals surface area contributed by atoms with Gasteiger partial charge in [-0.25, -0.2) is 0 Å². The molecule has 1 heterocycles. The molecule has 0 radical (unpaired) electrons. The van der Waals surface area contributed by atoms with Gasteiger partial charge in [-0.3, -0.25) is 9.58 Å². The maximum atomic E-state index is 6.35. The molecule has 0 saturated heterocycles. The Kier molecular flexibility index (Phi) is 4.99. The number of nitrogens with zero attached hydrogens (tertiary/aromatic N) is 3. The van der Waals surface area contributed by atoms with Gasteiger partial charge in [0.15, 0.2) is 0 Å². The van der Waals surface area contributed by atoms with E-state index in [-0.39, 0.29) is 6.04 Å². The van der Waals surface area contributed by atoms with Crippen molar-refractivity contribution >= 4 is 0 Å². The van der Waals surface area contributed by atoms with Crippen LogP contribution in [0, 0.1) is 5.92 Å². The molecule has 4 nitrogen and oxygen atoms in total. The maximum Gasteiger partial charge on any atom is 0.0538 e. The monoisotopic (exact) mass is 264 g/mol. The van der Waals surface area contributed by atoms with E-state index in [4.69, 9.17) is 5.73 Å². The molecule has 1 aliphatic rings. The van der Waals surface area contributed by atoms with E-state index in [1.807, 2.05) is 17.9 Å². The quantitative estimate of drug-likeness (QED) is 0.858. The summed E-state index contributed by atoms with van der Waals surface area (Å²) in [6, 6.07) is 0.468. The van der Waals surface area contributed by atoms with Crippen molar-refractivity contribution in [1.82, 2.24) is 14.7 Å². The number of nitrogens with two attached hydrogens (primary N) is 1. The van der Waals surface area contributed by atoms with Crippen LogP contribution in [-0.2, 0) is 7.05 Å². The van der Waals surface area contributed by atoms with Crippen LogP contribution >= 0.6 is 0 Å². The van der Waals surface area contributed by atoms with Gasteiger partial charge in [0.2, 0.25) is 0 Å². The zero-order valence-corrected chi connectivity index (χ0v) is 12.5. The van der Waals surface area contributed by atoms with Crippen molar-refractivity contribution in [2.45, 2.75) is 51.1 Å². The molecular formula is C15H28N4. The van der Waals surface area contributed by atoms with Crippen molar-refractivity contribution in [2.24, 2.45) is 18.7 Å². The first-order valence-electron chi connectivity index (χ1n) is 7.56. The van der Waals surface area contributed by atoms with Crippen LogP contribution in [0.15, 0.2) is 12.4 Å². The third-order valence-corrected chi connectivity index (χ3v) is 4.44. The minimum atomic E-state index is 0.176. The van der Waals surface area contributed by atoms with Crippen LogP contribution in [-0.4, -0.2) is 34.3 Å². The van der Waals surface area contributed by atoms with E-state index in [0.29, 0.717) is 6.04 Å². The van der Waals surface area contributed by atoms with Gasteiger partial charge in [0, 0.05) is 31.4 Å². The second kappa shape index (κ2) is 6.53. The molecule has 19 heavy (non-hydrogen) atoms.